The zero-order valence-corrected chi connectivity index (χ0v) is 9.63. The predicted molar refractivity (Wildman–Crippen MR) is 63.4 cm³/mol. The minimum Gasteiger partial charge on any atom is -0.326 e. The molecule has 1 rings (SSSR count). The molecule has 1 heterocycles. The Morgan fingerprint density at radius 1 is 1.36 bits per heavy atom. The van der Waals surface area contributed by atoms with Gasteiger partial charge in [0.25, 0.3) is 0 Å². The topological polar surface area (TPSA) is 38.9 Å². The van der Waals surface area contributed by atoms with Crippen LogP contribution in [0.2, 0.25) is 0 Å². The molecule has 78 valence electrons. The highest BCUT2D eigenvalue weighted by Gasteiger charge is 2.17. The predicted octanol–water partition coefficient (Wildman–Crippen LogP) is 2.61. The van der Waals surface area contributed by atoms with Crippen molar-refractivity contribution in [2.45, 2.75) is 31.6 Å². The van der Waals surface area contributed by atoms with Crippen molar-refractivity contribution >= 4 is 11.8 Å². The SMILES string of the molecule is CCSC(c1ccncc1)C(N)CC. The molecule has 0 aliphatic heterocycles. The highest BCUT2D eigenvalue weighted by molar-refractivity contribution is 7.99. The Labute approximate surface area is 90.3 Å². The van der Waals surface area contributed by atoms with Gasteiger partial charge in [0.15, 0.2) is 0 Å². The summed E-state index contributed by atoms with van der Waals surface area (Å²) in [4.78, 5) is 4.02. The number of rotatable bonds is 5. The lowest BCUT2D eigenvalue weighted by Crippen LogP contribution is -2.25. The maximum Gasteiger partial charge on any atom is 0.0449 e. The fourth-order valence-electron chi connectivity index (χ4n) is 1.41. The largest absolute Gasteiger partial charge is 0.326 e. The normalized spacial score (nSPS) is 15.1. The van der Waals surface area contributed by atoms with Gasteiger partial charge in [-0.3, -0.25) is 4.98 Å². The van der Waals surface area contributed by atoms with Crippen LogP contribution < -0.4 is 5.73 Å². The van der Waals surface area contributed by atoms with Crippen LogP contribution in [0, 0.1) is 0 Å². The summed E-state index contributed by atoms with van der Waals surface area (Å²) in [5, 5.41) is 0.410. The summed E-state index contributed by atoms with van der Waals surface area (Å²) in [6.45, 7) is 4.30. The average Bonchev–Trinajstić information content (AvgIpc) is 2.26. The van der Waals surface area contributed by atoms with Gasteiger partial charge >= 0.3 is 0 Å². The van der Waals surface area contributed by atoms with Gasteiger partial charge in [0.05, 0.1) is 0 Å². The summed E-state index contributed by atoms with van der Waals surface area (Å²) in [7, 11) is 0. The third-order valence-electron chi connectivity index (χ3n) is 2.24. The average molecular weight is 210 g/mol. The van der Waals surface area contributed by atoms with Crippen molar-refractivity contribution in [1.82, 2.24) is 4.98 Å². The zero-order valence-electron chi connectivity index (χ0n) is 8.81. The summed E-state index contributed by atoms with van der Waals surface area (Å²) < 4.78 is 0. The van der Waals surface area contributed by atoms with E-state index in [1.807, 2.05) is 24.2 Å². The molecule has 2 atom stereocenters. The van der Waals surface area contributed by atoms with Gasteiger partial charge in [0, 0.05) is 23.7 Å². The minimum absolute atomic E-state index is 0.238. The van der Waals surface area contributed by atoms with Gasteiger partial charge in [-0.2, -0.15) is 11.8 Å². The molecule has 2 N–H and O–H groups in total. The van der Waals surface area contributed by atoms with Crippen molar-refractivity contribution in [3.05, 3.63) is 30.1 Å². The second kappa shape index (κ2) is 6.04. The Morgan fingerprint density at radius 3 is 2.50 bits per heavy atom. The third kappa shape index (κ3) is 3.00. The molecule has 0 fully saturated rings. The van der Waals surface area contributed by atoms with E-state index in [0.717, 1.165) is 12.2 Å². The summed E-state index contributed by atoms with van der Waals surface area (Å²) in [5.74, 6) is 1.10. The van der Waals surface area contributed by atoms with Crippen LogP contribution in [0.3, 0.4) is 0 Å². The highest BCUT2D eigenvalue weighted by Crippen LogP contribution is 2.31. The van der Waals surface area contributed by atoms with Gasteiger partial charge < -0.3 is 5.73 Å². The van der Waals surface area contributed by atoms with Crippen molar-refractivity contribution in [1.29, 1.82) is 0 Å². The fraction of sp³-hybridized carbons (Fsp3) is 0.545. The minimum atomic E-state index is 0.238. The van der Waals surface area contributed by atoms with E-state index in [0.29, 0.717) is 5.25 Å². The molecule has 2 unspecified atom stereocenters. The van der Waals surface area contributed by atoms with Gasteiger partial charge in [0.2, 0.25) is 0 Å². The lowest BCUT2D eigenvalue weighted by molar-refractivity contribution is 0.634. The van der Waals surface area contributed by atoms with Gasteiger partial charge in [0.1, 0.15) is 0 Å². The van der Waals surface area contributed by atoms with Crippen LogP contribution in [-0.2, 0) is 0 Å². The molecule has 0 bridgehead atoms. The van der Waals surface area contributed by atoms with Gasteiger partial charge in [-0.05, 0) is 29.9 Å². The van der Waals surface area contributed by atoms with Crippen molar-refractivity contribution < 1.29 is 0 Å². The molecule has 14 heavy (non-hydrogen) atoms. The number of hydrogen-bond acceptors (Lipinski definition) is 3. The molecule has 2 nitrogen and oxygen atoms in total. The molecule has 0 aromatic carbocycles. The molecular formula is C11H18N2S. The number of pyridine rings is 1. The molecule has 0 aliphatic rings. The quantitative estimate of drug-likeness (QED) is 0.812. The first kappa shape index (κ1) is 11.5. The van der Waals surface area contributed by atoms with E-state index >= 15 is 0 Å². The number of aromatic nitrogens is 1. The molecule has 3 heteroatoms. The molecule has 0 saturated heterocycles. The van der Waals surface area contributed by atoms with Crippen LogP contribution in [0.25, 0.3) is 0 Å². The van der Waals surface area contributed by atoms with E-state index in [1.165, 1.54) is 5.56 Å². The van der Waals surface area contributed by atoms with Crippen LogP contribution >= 0.6 is 11.8 Å². The first-order valence-corrected chi connectivity index (χ1v) is 6.11. The van der Waals surface area contributed by atoms with E-state index in [1.54, 1.807) is 0 Å². The van der Waals surface area contributed by atoms with Crippen molar-refractivity contribution in [3.63, 3.8) is 0 Å². The summed E-state index contributed by atoms with van der Waals surface area (Å²) >= 11 is 1.91. The molecule has 0 saturated carbocycles. The Morgan fingerprint density at radius 2 is 2.00 bits per heavy atom. The van der Waals surface area contributed by atoms with Crippen molar-refractivity contribution in [2.75, 3.05) is 5.75 Å². The summed E-state index contributed by atoms with van der Waals surface area (Å²) in [6, 6.07) is 4.36. The Bertz CT molecular complexity index is 251. The van der Waals surface area contributed by atoms with E-state index in [2.05, 4.69) is 31.0 Å². The molecule has 0 radical (unpaired) electrons. The number of nitrogens with zero attached hydrogens (tertiary/aromatic N) is 1. The number of nitrogens with two attached hydrogens (primary N) is 1. The molecule has 0 spiro atoms. The standard InChI is InChI=1S/C11H18N2S/c1-3-10(12)11(14-4-2)9-5-7-13-8-6-9/h5-8,10-11H,3-4,12H2,1-2H3. The first-order chi connectivity index (χ1) is 6.79. The van der Waals surface area contributed by atoms with E-state index in [9.17, 15) is 0 Å². The Hall–Kier alpha value is -0.540. The zero-order chi connectivity index (χ0) is 10.4. The second-order valence-electron chi connectivity index (χ2n) is 3.23. The maximum absolute atomic E-state index is 6.09. The summed E-state index contributed by atoms with van der Waals surface area (Å²) in [6.07, 6.45) is 4.68. The second-order valence-corrected chi connectivity index (χ2v) is 4.65. The lowest BCUT2D eigenvalue weighted by atomic mass is 10.1. The van der Waals surface area contributed by atoms with E-state index in [4.69, 9.17) is 5.73 Å². The monoisotopic (exact) mass is 210 g/mol. The van der Waals surface area contributed by atoms with Crippen molar-refractivity contribution in [3.8, 4) is 0 Å². The molecular weight excluding hydrogens is 192 g/mol. The number of hydrogen-bond donors (Lipinski definition) is 1. The van der Waals surface area contributed by atoms with Gasteiger partial charge in [-0.25, -0.2) is 0 Å². The van der Waals surface area contributed by atoms with Crippen LogP contribution in [0.15, 0.2) is 24.5 Å². The van der Waals surface area contributed by atoms with E-state index in [-0.39, 0.29) is 6.04 Å². The summed E-state index contributed by atoms with van der Waals surface area (Å²) in [5.41, 5.74) is 7.39. The van der Waals surface area contributed by atoms with Crippen LogP contribution in [0.4, 0.5) is 0 Å². The van der Waals surface area contributed by atoms with Gasteiger partial charge in [-0.15, -0.1) is 0 Å². The molecule has 0 aliphatic carbocycles. The number of thioether (sulfide) groups is 1. The lowest BCUT2D eigenvalue weighted by Gasteiger charge is -2.22. The van der Waals surface area contributed by atoms with E-state index < -0.39 is 0 Å². The van der Waals surface area contributed by atoms with Gasteiger partial charge in [-0.1, -0.05) is 13.8 Å². The third-order valence-corrected chi connectivity index (χ3v) is 3.56. The molecule has 1 aromatic rings. The highest BCUT2D eigenvalue weighted by atomic mass is 32.2. The van der Waals surface area contributed by atoms with Crippen LogP contribution in [0.5, 0.6) is 0 Å². The fourth-order valence-corrected chi connectivity index (χ4v) is 2.56. The Kier molecular flexibility index (Phi) is 4.98. The van der Waals surface area contributed by atoms with Crippen molar-refractivity contribution in [2.24, 2.45) is 5.73 Å². The van der Waals surface area contributed by atoms with Crippen LogP contribution in [-0.4, -0.2) is 16.8 Å². The Balaban J connectivity index is 2.77. The maximum atomic E-state index is 6.09. The smallest absolute Gasteiger partial charge is 0.0449 e. The molecule has 1 aromatic heterocycles. The van der Waals surface area contributed by atoms with Crippen LogP contribution in [0.1, 0.15) is 31.1 Å². The first-order valence-electron chi connectivity index (χ1n) is 5.06. The molecule has 0 amide bonds.